The summed E-state index contributed by atoms with van der Waals surface area (Å²) in [5.74, 6) is 2.67. The zero-order chi connectivity index (χ0) is 17.2. The van der Waals surface area contributed by atoms with E-state index in [-0.39, 0.29) is 0 Å². The monoisotopic (exact) mass is 345 g/mol. The van der Waals surface area contributed by atoms with Crippen molar-refractivity contribution < 1.29 is 0 Å². The van der Waals surface area contributed by atoms with Crippen molar-refractivity contribution in [2.75, 3.05) is 13.6 Å². The van der Waals surface area contributed by atoms with E-state index in [0.717, 1.165) is 29.8 Å². The summed E-state index contributed by atoms with van der Waals surface area (Å²) in [5.41, 5.74) is 0. The fraction of sp³-hybridized carbons (Fsp3) is 0.955. The molecule has 3 saturated carbocycles. The van der Waals surface area contributed by atoms with E-state index in [4.69, 9.17) is 5.10 Å². The molecule has 0 spiro atoms. The summed E-state index contributed by atoms with van der Waals surface area (Å²) in [6, 6.07) is 2.50. The van der Waals surface area contributed by atoms with Crippen molar-refractivity contribution in [3.05, 3.63) is 0 Å². The van der Waals surface area contributed by atoms with Crippen LogP contribution in [0.1, 0.15) is 84.0 Å². The number of likely N-dealkylation sites (tertiary alicyclic amines) is 1. The van der Waals surface area contributed by atoms with Crippen LogP contribution in [0.3, 0.4) is 0 Å². The maximum atomic E-state index is 4.92. The normalized spacial score (nSPS) is 40.2. The minimum Gasteiger partial charge on any atom is -0.297 e. The Hall–Kier alpha value is -0.570. The smallest absolute Gasteiger partial charge is 0.0467 e. The summed E-state index contributed by atoms with van der Waals surface area (Å²) < 4.78 is 0. The standard InChI is InChI=1S/C22H39N3/c1-3-25-21-12-8-7-11-19(21)20-15-17(13-14-22(20)25)16-23-24(2)18-9-5-4-6-10-18/h16-22H,3-15H2,1-2H3. The van der Waals surface area contributed by atoms with Gasteiger partial charge in [0.25, 0.3) is 0 Å². The third-order valence-electron chi connectivity index (χ3n) is 8.01. The summed E-state index contributed by atoms with van der Waals surface area (Å²) in [7, 11) is 2.21. The molecule has 3 aliphatic carbocycles. The van der Waals surface area contributed by atoms with E-state index < -0.39 is 0 Å². The van der Waals surface area contributed by atoms with Gasteiger partial charge < -0.3 is 0 Å². The maximum Gasteiger partial charge on any atom is 0.0467 e. The van der Waals surface area contributed by atoms with Gasteiger partial charge in [0.05, 0.1) is 0 Å². The zero-order valence-electron chi connectivity index (χ0n) is 16.6. The molecule has 25 heavy (non-hydrogen) atoms. The van der Waals surface area contributed by atoms with E-state index in [2.05, 4.69) is 30.1 Å². The van der Waals surface area contributed by atoms with Gasteiger partial charge in [0.2, 0.25) is 0 Å². The van der Waals surface area contributed by atoms with Crippen molar-refractivity contribution in [1.29, 1.82) is 0 Å². The Kier molecular flexibility index (Phi) is 5.69. The topological polar surface area (TPSA) is 18.8 Å². The molecule has 4 rings (SSSR count). The first-order chi connectivity index (χ1) is 12.3. The third-order valence-corrected chi connectivity index (χ3v) is 8.01. The summed E-state index contributed by atoms with van der Waals surface area (Å²) in [6.07, 6.45) is 19.3. The molecule has 0 bridgehead atoms. The summed E-state index contributed by atoms with van der Waals surface area (Å²) in [4.78, 5) is 2.90. The number of nitrogens with zero attached hydrogens (tertiary/aromatic N) is 3. The van der Waals surface area contributed by atoms with E-state index >= 15 is 0 Å². The van der Waals surface area contributed by atoms with Gasteiger partial charge in [-0.1, -0.05) is 39.0 Å². The van der Waals surface area contributed by atoms with Gasteiger partial charge in [-0.25, -0.2) is 0 Å². The van der Waals surface area contributed by atoms with E-state index in [1.54, 1.807) is 0 Å². The van der Waals surface area contributed by atoms with Crippen LogP contribution >= 0.6 is 0 Å². The van der Waals surface area contributed by atoms with Gasteiger partial charge >= 0.3 is 0 Å². The number of hydrazone groups is 1. The van der Waals surface area contributed by atoms with Crippen LogP contribution in [0, 0.1) is 17.8 Å². The summed E-state index contributed by atoms with van der Waals surface area (Å²) in [6.45, 7) is 3.66. The molecule has 5 atom stereocenters. The van der Waals surface area contributed by atoms with Gasteiger partial charge in [0, 0.05) is 31.4 Å². The van der Waals surface area contributed by atoms with E-state index in [0.29, 0.717) is 6.04 Å². The molecule has 142 valence electrons. The van der Waals surface area contributed by atoms with Crippen LogP contribution in [0.2, 0.25) is 0 Å². The van der Waals surface area contributed by atoms with Gasteiger partial charge in [-0.3, -0.25) is 9.91 Å². The minimum absolute atomic E-state index is 0.700. The van der Waals surface area contributed by atoms with E-state index in [1.165, 1.54) is 83.6 Å². The second-order valence-corrected chi connectivity index (χ2v) is 9.28. The minimum atomic E-state index is 0.700. The van der Waals surface area contributed by atoms with Crippen LogP contribution in [0.25, 0.3) is 0 Å². The maximum absolute atomic E-state index is 4.92. The third kappa shape index (κ3) is 3.63. The molecular weight excluding hydrogens is 306 g/mol. The number of hydrogen-bond acceptors (Lipinski definition) is 3. The van der Waals surface area contributed by atoms with Gasteiger partial charge in [-0.2, -0.15) is 5.10 Å². The number of hydrogen-bond donors (Lipinski definition) is 0. The van der Waals surface area contributed by atoms with E-state index in [9.17, 15) is 0 Å². The molecule has 0 radical (unpaired) electrons. The molecule has 4 aliphatic rings. The fourth-order valence-electron chi connectivity index (χ4n) is 6.75. The van der Waals surface area contributed by atoms with Crippen molar-refractivity contribution in [2.45, 2.75) is 102 Å². The molecule has 0 aromatic heterocycles. The van der Waals surface area contributed by atoms with Gasteiger partial charge in [0.1, 0.15) is 0 Å². The SMILES string of the molecule is CCN1C2CCCCC2C2CC(C=NN(C)C3CCCCC3)CCC21. The van der Waals surface area contributed by atoms with Crippen molar-refractivity contribution in [1.82, 2.24) is 9.91 Å². The lowest BCUT2D eigenvalue weighted by atomic mass is 9.70. The summed E-state index contributed by atoms with van der Waals surface area (Å²) in [5, 5.41) is 7.22. The Balaban J connectivity index is 1.37. The first kappa shape index (κ1) is 17.8. The molecule has 5 unspecified atom stereocenters. The van der Waals surface area contributed by atoms with Crippen LogP contribution in [-0.4, -0.2) is 47.8 Å². The average molecular weight is 346 g/mol. The zero-order valence-corrected chi connectivity index (χ0v) is 16.6. The fourth-order valence-corrected chi connectivity index (χ4v) is 6.75. The van der Waals surface area contributed by atoms with Gasteiger partial charge in [-0.05, 0) is 69.2 Å². The molecular formula is C22H39N3. The largest absolute Gasteiger partial charge is 0.297 e. The Morgan fingerprint density at radius 3 is 2.40 bits per heavy atom. The van der Waals surface area contributed by atoms with Crippen LogP contribution in [0.5, 0.6) is 0 Å². The molecule has 1 saturated heterocycles. The van der Waals surface area contributed by atoms with Gasteiger partial charge in [-0.15, -0.1) is 0 Å². The molecule has 0 N–H and O–H groups in total. The lowest BCUT2D eigenvalue weighted by molar-refractivity contribution is 0.142. The van der Waals surface area contributed by atoms with Crippen LogP contribution in [-0.2, 0) is 0 Å². The van der Waals surface area contributed by atoms with Crippen molar-refractivity contribution in [3.8, 4) is 0 Å². The van der Waals surface area contributed by atoms with Gasteiger partial charge in [0.15, 0.2) is 0 Å². The van der Waals surface area contributed by atoms with Crippen LogP contribution < -0.4 is 0 Å². The molecule has 3 heteroatoms. The predicted octanol–water partition coefficient (Wildman–Crippen LogP) is 4.92. The average Bonchev–Trinajstić information content (AvgIpc) is 3.00. The quantitative estimate of drug-likeness (QED) is 0.532. The predicted molar refractivity (Wildman–Crippen MR) is 106 cm³/mol. The van der Waals surface area contributed by atoms with Crippen molar-refractivity contribution in [2.24, 2.45) is 22.9 Å². The lowest BCUT2D eigenvalue weighted by Gasteiger charge is -2.36. The van der Waals surface area contributed by atoms with Crippen molar-refractivity contribution >= 4 is 6.21 Å². The molecule has 0 aromatic rings. The highest BCUT2D eigenvalue weighted by Gasteiger charge is 2.50. The Bertz CT molecular complexity index is 450. The first-order valence-corrected chi connectivity index (χ1v) is 11.3. The molecule has 4 fully saturated rings. The Morgan fingerprint density at radius 1 is 0.880 bits per heavy atom. The highest BCUT2D eigenvalue weighted by atomic mass is 15.4. The first-order valence-electron chi connectivity index (χ1n) is 11.3. The molecule has 1 heterocycles. The molecule has 3 nitrogen and oxygen atoms in total. The highest BCUT2D eigenvalue weighted by molar-refractivity contribution is 5.60. The highest BCUT2D eigenvalue weighted by Crippen LogP contribution is 2.49. The molecule has 0 aromatic carbocycles. The number of rotatable bonds is 4. The Labute approximate surface area is 155 Å². The second kappa shape index (κ2) is 7.98. The van der Waals surface area contributed by atoms with E-state index in [1.807, 2.05) is 0 Å². The second-order valence-electron chi connectivity index (χ2n) is 9.28. The molecule has 0 amide bonds. The lowest BCUT2D eigenvalue weighted by Crippen LogP contribution is -2.40. The molecule has 1 aliphatic heterocycles. The number of fused-ring (bicyclic) bond motifs is 3. The Morgan fingerprint density at radius 2 is 1.60 bits per heavy atom. The summed E-state index contributed by atoms with van der Waals surface area (Å²) >= 11 is 0. The van der Waals surface area contributed by atoms with Crippen LogP contribution in [0.4, 0.5) is 0 Å². The van der Waals surface area contributed by atoms with Crippen molar-refractivity contribution in [3.63, 3.8) is 0 Å². The van der Waals surface area contributed by atoms with Crippen LogP contribution in [0.15, 0.2) is 5.10 Å².